The number of amides is 1. The molecular weight excluding hydrogens is 278 g/mol. The van der Waals surface area contributed by atoms with Crippen LogP contribution in [0, 0.1) is 0 Å². The summed E-state index contributed by atoms with van der Waals surface area (Å²) in [5, 5.41) is 5.83. The van der Waals surface area contributed by atoms with Crippen LogP contribution in [0.25, 0.3) is 0 Å². The minimum absolute atomic E-state index is 0.0756. The average molecular weight is 297 g/mol. The molecule has 1 aromatic rings. The first-order valence-electron chi connectivity index (χ1n) is 6.61. The fraction of sp³-hybridized carbons (Fsp3) is 0.462. The number of carbonyl (C=O) groups is 1. The molecule has 0 aromatic heterocycles. The summed E-state index contributed by atoms with van der Waals surface area (Å²) in [4.78, 5) is 12.2. The maximum absolute atomic E-state index is 12.1. The summed E-state index contributed by atoms with van der Waals surface area (Å²) in [6.07, 6.45) is 2.84. The summed E-state index contributed by atoms with van der Waals surface area (Å²) >= 11 is 0. The van der Waals surface area contributed by atoms with Gasteiger partial charge in [0.05, 0.1) is 11.7 Å². The molecule has 20 heavy (non-hydrogen) atoms. The SMILES string of the molecule is CNS(=O)(=O)c1ccccc1NC(=O)C1CCCCN1. The van der Waals surface area contributed by atoms with Gasteiger partial charge < -0.3 is 10.6 Å². The van der Waals surface area contributed by atoms with Gasteiger partial charge in [0, 0.05) is 0 Å². The van der Waals surface area contributed by atoms with Gasteiger partial charge in [-0.05, 0) is 38.6 Å². The second-order valence-corrected chi connectivity index (χ2v) is 6.55. The second kappa shape index (κ2) is 6.34. The number of carbonyl (C=O) groups excluding carboxylic acids is 1. The Labute approximate surface area is 119 Å². The van der Waals surface area contributed by atoms with E-state index in [4.69, 9.17) is 0 Å². The highest BCUT2D eigenvalue weighted by Crippen LogP contribution is 2.21. The molecule has 1 unspecified atom stereocenters. The van der Waals surface area contributed by atoms with Crippen molar-refractivity contribution in [2.75, 3.05) is 18.9 Å². The van der Waals surface area contributed by atoms with Crippen LogP contribution in [0.3, 0.4) is 0 Å². The van der Waals surface area contributed by atoms with Gasteiger partial charge in [0.15, 0.2) is 0 Å². The van der Waals surface area contributed by atoms with E-state index in [1.807, 2.05) is 0 Å². The van der Waals surface area contributed by atoms with Crippen molar-refractivity contribution >= 4 is 21.6 Å². The summed E-state index contributed by atoms with van der Waals surface area (Å²) in [6, 6.07) is 6.12. The predicted octanol–water partition coefficient (Wildman–Crippen LogP) is 0.675. The van der Waals surface area contributed by atoms with E-state index in [0.29, 0.717) is 5.69 Å². The molecule has 110 valence electrons. The van der Waals surface area contributed by atoms with Crippen LogP contribution in [0.2, 0.25) is 0 Å². The first-order valence-corrected chi connectivity index (χ1v) is 8.10. The van der Waals surface area contributed by atoms with Gasteiger partial charge in [0.1, 0.15) is 4.90 Å². The van der Waals surface area contributed by atoms with Crippen molar-refractivity contribution in [2.45, 2.75) is 30.2 Å². The molecule has 1 aliphatic rings. The number of benzene rings is 1. The fourth-order valence-corrected chi connectivity index (χ4v) is 3.10. The monoisotopic (exact) mass is 297 g/mol. The minimum Gasteiger partial charge on any atom is -0.324 e. The van der Waals surface area contributed by atoms with E-state index in [0.717, 1.165) is 25.8 Å². The quantitative estimate of drug-likeness (QED) is 0.762. The Morgan fingerprint density at radius 2 is 2.05 bits per heavy atom. The number of hydrogen-bond acceptors (Lipinski definition) is 4. The van der Waals surface area contributed by atoms with Gasteiger partial charge in [-0.15, -0.1) is 0 Å². The molecule has 1 atom stereocenters. The Hall–Kier alpha value is -1.44. The van der Waals surface area contributed by atoms with Gasteiger partial charge in [0.2, 0.25) is 15.9 Å². The van der Waals surface area contributed by atoms with Crippen molar-refractivity contribution in [1.82, 2.24) is 10.0 Å². The smallest absolute Gasteiger partial charge is 0.242 e. The van der Waals surface area contributed by atoms with E-state index in [1.165, 1.54) is 13.1 Å². The predicted molar refractivity (Wildman–Crippen MR) is 77.0 cm³/mol. The van der Waals surface area contributed by atoms with E-state index in [9.17, 15) is 13.2 Å². The topological polar surface area (TPSA) is 87.3 Å². The molecule has 0 radical (unpaired) electrons. The van der Waals surface area contributed by atoms with Gasteiger partial charge in [-0.1, -0.05) is 18.6 Å². The molecule has 1 aromatic carbocycles. The normalized spacial score (nSPS) is 19.6. The van der Waals surface area contributed by atoms with Crippen molar-refractivity contribution in [3.8, 4) is 0 Å². The van der Waals surface area contributed by atoms with Gasteiger partial charge in [0.25, 0.3) is 0 Å². The zero-order chi connectivity index (χ0) is 14.6. The third kappa shape index (κ3) is 3.36. The molecule has 1 aliphatic heterocycles. The van der Waals surface area contributed by atoms with Gasteiger partial charge in [-0.2, -0.15) is 0 Å². The first-order chi connectivity index (χ1) is 9.54. The molecule has 2 rings (SSSR count). The third-order valence-electron chi connectivity index (χ3n) is 3.33. The zero-order valence-corrected chi connectivity index (χ0v) is 12.2. The number of rotatable bonds is 4. The van der Waals surface area contributed by atoms with E-state index in [2.05, 4.69) is 15.4 Å². The molecule has 3 N–H and O–H groups in total. The van der Waals surface area contributed by atoms with Crippen LogP contribution in [0.15, 0.2) is 29.2 Å². The Morgan fingerprint density at radius 3 is 2.70 bits per heavy atom. The van der Waals surface area contributed by atoms with Crippen LogP contribution in [0.5, 0.6) is 0 Å². The highest BCUT2D eigenvalue weighted by molar-refractivity contribution is 7.89. The second-order valence-electron chi connectivity index (χ2n) is 4.70. The van der Waals surface area contributed by atoms with Crippen LogP contribution >= 0.6 is 0 Å². The third-order valence-corrected chi connectivity index (χ3v) is 4.80. The molecule has 0 aliphatic carbocycles. The number of para-hydroxylation sites is 1. The standard InChI is InChI=1S/C13H19N3O3S/c1-14-20(18,19)12-8-3-2-6-10(12)16-13(17)11-7-4-5-9-15-11/h2-3,6,8,11,14-15H,4-5,7,9H2,1H3,(H,16,17). The molecule has 0 saturated carbocycles. The number of anilines is 1. The highest BCUT2D eigenvalue weighted by Gasteiger charge is 2.23. The van der Waals surface area contributed by atoms with Crippen LogP contribution in [-0.4, -0.2) is 34.0 Å². The molecule has 1 saturated heterocycles. The summed E-state index contributed by atoms with van der Waals surface area (Å²) in [5.41, 5.74) is 0.305. The summed E-state index contributed by atoms with van der Waals surface area (Å²) in [5.74, 6) is -0.191. The van der Waals surface area contributed by atoms with Crippen molar-refractivity contribution < 1.29 is 13.2 Å². The van der Waals surface area contributed by atoms with Crippen LogP contribution in [0.1, 0.15) is 19.3 Å². The Morgan fingerprint density at radius 1 is 1.30 bits per heavy atom. The molecule has 7 heteroatoms. The lowest BCUT2D eigenvalue weighted by Gasteiger charge is -2.23. The number of piperidine rings is 1. The molecule has 1 amide bonds. The van der Waals surface area contributed by atoms with Gasteiger partial charge in [-0.25, -0.2) is 13.1 Å². The Bertz CT molecular complexity index is 580. The first kappa shape index (κ1) is 15.0. The maximum atomic E-state index is 12.1. The number of sulfonamides is 1. The Balaban J connectivity index is 2.19. The van der Waals surface area contributed by atoms with Crippen LogP contribution < -0.4 is 15.4 Å². The zero-order valence-electron chi connectivity index (χ0n) is 11.3. The van der Waals surface area contributed by atoms with E-state index >= 15 is 0 Å². The van der Waals surface area contributed by atoms with Crippen molar-refractivity contribution in [3.63, 3.8) is 0 Å². The summed E-state index contributed by atoms with van der Waals surface area (Å²) < 4.78 is 26.1. The van der Waals surface area contributed by atoms with E-state index < -0.39 is 10.0 Å². The van der Waals surface area contributed by atoms with Crippen molar-refractivity contribution in [2.24, 2.45) is 0 Å². The molecular formula is C13H19N3O3S. The van der Waals surface area contributed by atoms with Crippen LogP contribution in [0.4, 0.5) is 5.69 Å². The lowest BCUT2D eigenvalue weighted by Crippen LogP contribution is -2.43. The molecule has 0 bridgehead atoms. The van der Waals surface area contributed by atoms with Crippen molar-refractivity contribution in [1.29, 1.82) is 0 Å². The molecule has 0 spiro atoms. The van der Waals surface area contributed by atoms with Crippen molar-refractivity contribution in [3.05, 3.63) is 24.3 Å². The summed E-state index contributed by atoms with van der Waals surface area (Å²) in [6.45, 7) is 0.814. The summed E-state index contributed by atoms with van der Waals surface area (Å²) in [7, 11) is -2.25. The lowest BCUT2D eigenvalue weighted by atomic mass is 10.0. The maximum Gasteiger partial charge on any atom is 0.242 e. The van der Waals surface area contributed by atoms with Gasteiger partial charge >= 0.3 is 0 Å². The molecule has 6 nitrogen and oxygen atoms in total. The molecule has 1 fully saturated rings. The van der Waals surface area contributed by atoms with Crippen LogP contribution in [-0.2, 0) is 14.8 Å². The minimum atomic E-state index is -3.59. The largest absolute Gasteiger partial charge is 0.324 e. The Kier molecular flexibility index (Phi) is 4.74. The molecule has 1 heterocycles. The fourth-order valence-electron chi connectivity index (χ4n) is 2.21. The van der Waals surface area contributed by atoms with Gasteiger partial charge in [-0.3, -0.25) is 4.79 Å². The van der Waals surface area contributed by atoms with E-state index in [-0.39, 0.29) is 16.8 Å². The average Bonchev–Trinajstić information content (AvgIpc) is 2.48. The number of hydrogen-bond donors (Lipinski definition) is 3. The number of nitrogens with one attached hydrogen (secondary N) is 3. The van der Waals surface area contributed by atoms with E-state index in [1.54, 1.807) is 18.2 Å². The highest BCUT2D eigenvalue weighted by atomic mass is 32.2. The lowest BCUT2D eigenvalue weighted by molar-refractivity contribution is -0.118.